The van der Waals surface area contributed by atoms with Crippen molar-refractivity contribution in [2.45, 2.75) is 39.7 Å². The van der Waals surface area contributed by atoms with Crippen molar-refractivity contribution in [2.75, 3.05) is 6.54 Å². The molecule has 1 N–H and O–H groups in total. The zero-order chi connectivity index (χ0) is 24.4. The minimum Gasteiger partial charge on any atom is -0.481 e. The number of carboxylic acid groups (broad SMARTS) is 1. The summed E-state index contributed by atoms with van der Waals surface area (Å²) in [6.45, 7) is 4.90. The predicted molar refractivity (Wildman–Crippen MR) is 133 cm³/mol. The van der Waals surface area contributed by atoms with Crippen LogP contribution in [0, 0.1) is 13.8 Å². The maximum absolute atomic E-state index is 13.4. The lowest BCUT2D eigenvalue weighted by molar-refractivity contribution is -0.136. The molecule has 0 aliphatic carbocycles. The second-order valence-corrected chi connectivity index (χ2v) is 9.34. The second-order valence-electron chi connectivity index (χ2n) is 8.52. The Balaban J connectivity index is 1.52. The van der Waals surface area contributed by atoms with Crippen LogP contribution in [0.2, 0.25) is 10.0 Å². The smallest absolute Gasteiger partial charge is 0.303 e. The summed E-state index contributed by atoms with van der Waals surface area (Å²) >= 11 is 12.3. The van der Waals surface area contributed by atoms with Crippen molar-refractivity contribution in [3.8, 4) is 11.5 Å². The first-order chi connectivity index (χ1) is 16.2. The molecule has 34 heavy (non-hydrogen) atoms. The van der Waals surface area contributed by atoms with Crippen LogP contribution in [0.15, 0.2) is 48.5 Å². The molecular weight excluding hydrogens is 473 g/mol. The van der Waals surface area contributed by atoms with Gasteiger partial charge < -0.3 is 14.7 Å². The van der Waals surface area contributed by atoms with Crippen molar-refractivity contribution in [1.29, 1.82) is 0 Å². The highest BCUT2D eigenvalue weighted by atomic mass is 35.5. The number of fused-ring (bicyclic) bond motifs is 1. The molecule has 1 amide bonds. The molecule has 4 rings (SSSR count). The molecule has 1 aliphatic heterocycles. The van der Waals surface area contributed by atoms with Crippen molar-refractivity contribution in [3.63, 3.8) is 0 Å². The van der Waals surface area contributed by atoms with Crippen molar-refractivity contribution >= 4 is 35.1 Å². The quantitative estimate of drug-likeness (QED) is 0.415. The Morgan fingerprint density at radius 1 is 1.03 bits per heavy atom. The highest BCUT2D eigenvalue weighted by Gasteiger charge is 2.24. The second kappa shape index (κ2) is 10.1. The van der Waals surface area contributed by atoms with Crippen LogP contribution < -0.4 is 4.74 Å². The lowest BCUT2D eigenvalue weighted by Gasteiger charge is -2.30. The fraction of sp³-hybridized carbons (Fsp3) is 0.259. The maximum Gasteiger partial charge on any atom is 0.303 e. The van der Waals surface area contributed by atoms with E-state index in [1.54, 1.807) is 0 Å². The monoisotopic (exact) mass is 497 g/mol. The van der Waals surface area contributed by atoms with Crippen LogP contribution in [0.1, 0.15) is 44.6 Å². The van der Waals surface area contributed by atoms with E-state index in [1.807, 2.05) is 67.3 Å². The number of carboxylic acids is 1. The average molecular weight is 498 g/mol. The molecule has 3 aromatic rings. The first-order valence-corrected chi connectivity index (χ1v) is 11.8. The molecule has 5 nitrogen and oxygen atoms in total. The van der Waals surface area contributed by atoms with Gasteiger partial charge in [0.05, 0.1) is 10.0 Å². The van der Waals surface area contributed by atoms with Gasteiger partial charge in [0.1, 0.15) is 11.5 Å². The Kier molecular flexibility index (Phi) is 7.15. The summed E-state index contributed by atoms with van der Waals surface area (Å²) < 4.78 is 6.11. The fourth-order valence-corrected chi connectivity index (χ4v) is 4.60. The maximum atomic E-state index is 13.4. The average Bonchev–Trinajstić information content (AvgIpc) is 2.80. The Bertz CT molecular complexity index is 1270. The van der Waals surface area contributed by atoms with Gasteiger partial charge in [-0.3, -0.25) is 9.59 Å². The fourth-order valence-electron chi connectivity index (χ4n) is 4.23. The van der Waals surface area contributed by atoms with E-state index in [2.05, 4.69) is 0 Å². The summed E-state index contributed by atoms with van der Waals surface area (Å²) in [5.41, 5.74) is 5.43. The molecule has 7 heteroatoms. The van der Waals surface area contributed by atoms with Gasteiger partial charge in [-0.05, 0) is 85.3 Å². The molecule has 0 spiro atoms. The zero-order valence-electron chi connectivity index (χ0n) is 19.0. The van der Waals surface area contributed by atoms with Crippen LogP contribution in [-0.2, 0) is 24.2 Å². The van der Waals surface area contributed by atoms with Crippen molar-refractivity contribution in [2.24, 2.45) is 0 Å². The van der Waals surface area contributed by atoms with Gasteiger partial charge in [0.25, 0.3) is 5.91 Å². The first kappa shape index (κ1) is 24.1. The van der Waals surface area contributed by atoms with E-state index in [-0.39, 0.29) is 12.3 Å². The highest BCUT2D eigenvalue weighted by molar-refractivity contribution is 6.42. The van der Waals surface area contributed by atoms with Gasteiger partial charge in [-0.25, -0.2) is 0 Å². The first-order valence-electron chi connectivity index (χ1n) is 11.1. The Morgan fingerprint density at radius 3 is 2.47 bits per heavy atom. The summed E-state index contributed by atoms with van der Waals surface area (Å²) in [4.78, 5) is 26.0. The van der Waals surface area contributed by atoms with E-state index in [0.717, 1.165) is 34.2 Å². The number of nitrogens with zero attached hydrogens (tertiary/aromatic N) is 1. The number of benzene rings is 3. The van der Waals surface area contributed by atoms with Gasteiger partial charge in [-0.2, -0.15) is 0 Å². The number of amides is 1. The summed E-state index contributed by atoms with van der Waals surface area (Å²) in [5.74, 6) is 0.374. The van der Waals surface area contributed by atoms with Crippen molar-refractivity contribution in [1.82, 2.24) is 4.90 Å². The molecular formula is C27H25Cl2NO4. The minimum absolute atomic E-state index is 0.0557. The molecule has 3 aromatic carbocycles. The van der Waals surface area contributed by atoms with E-state index in [1.165, 1.54) is 0 Å². The third kappa shape index (κ3) is 5.21. The number of rotatable bonds is 6. The molecule has 0 radical (unpaired) electrons. The predicted octanol–water partition coefficient (Wildman–Crippen LogP) is 6.62. The SMILES string of the molecule is Cc1cc(Oc2cccc(C(=O)N3CCc4cc(Cl)c(Cl)cc4C3)c2C)ccc1CCC(=O)O. The number of aryl methyl sites for hydroxylation is 2. The van der Waals surface area contributed by atoms with E-state index >= 15 is 0 Å². The Labute approximate surface area is 208 Å². The molecule has 1 aliphatic rings. The minimum atomic E-state index is -0.819. The van der Waals surface area contributed by atoms with Crippen LogP contribution in [0.25, 0.3) is 0 Å². The lowest BCUT2D eigenvalue weighted by atomic mass is 9.98. The number of ether oxygens (including phenoxy) is 1. The van der Waals surface area contributed by atoms with E-state index in [9.17, 15) is 9.59 Å². The molecule has 0 saturated heterocycles. The van der Waals surface area contributed by atoms with Gasteiger partial charge in [-0.15, -0.1) is 0 Å². The van der Waals surface area contributed by atoms with Gasteiger partial charge in [-0.1, -0.05) is 35.3 Å². The summed E-state index contributed by atoms with van der Waals surface area (Å²) in [7, 11) is 0. The number of carbonyl (C=O) groups excluding carboxylic acids is 1. The number of hydrogen-bond acceptors (Lipinski definition) is 3. The number of halogens is 2. The van der Waals surface area contributed by atoms with Gasteiger partial charge in [0.15, 0.2) is 0 Å². The molecule has 0 saturated carbocycles. The molecule has 0 aromatic heterocycles. The lowest BCUT2D eigenvalue weighted by Crippen LogP contribution is -2.36. The van der Waals surface area contributed by atoms with E-state index in [4.69, 9.17) is 33.0 Å². The summed E-state index contributed by atoms with van der Waals surface area (Å²) in [6, 6.07) is 14.8. The van der Waals surface area contributed by atoms with E-state index in [0.29, 0.717) is 46.6 Å². The molecule has 0 unspecified atom stereocenters. The zero-order valence-corrected chi connectivity index (χ0v) is 20.5. The topological polar surface area (TPSA) is 66.8 Å². The standard InChI is InChI=1S/C27H25Cl2NO4/c1-16-12-21(8-6-18(16)7-9-26(31)32)34-25-5-3-4-22(17(25)2)27(33)30-11-10-19-13-23(28)24(29)14-20(19)15-30/h3-6,8,12-14H,7,9-11,15H2,1-2H3,(H,31,32). The van der Waals surface area contributed by atoms with Gasteiger partial charge in [0, 0.05) is 30.6 Å². The van der Waals surface area contributed by atoms with Crippen molar-refractivity contribution < 1.29 is 19.4 Å². The summed E-state index contributed by atoms with van der Waals surface area (Å²) in [5, 5.41) is 9.94. The van der Waals surface area contributed by atoms with Crippen LogP contribution in [0.4, 0.5) is 0 Å². The van der Waals surface area contributed by atoms with Crippen LogP contribution >= 0.6 is 23.2 Å². The van der Waals surface area contributed by atoms with Crippen molar-refractivity contribution in [3.05, 3.63) is 92.0 Å². The number of aliphatic carboxylic acids is 1. The molecule has 1 heterocycles. The molecule has 0 bridgehead atoms. The van der Waals surface area contributed by atoms with Gasteiger partial charge in [0.2, 0.25) is 0 Å². The number of hydrogen-bond donors (Lipinski definition) is 1. The Morgan fingerprint density at radius 2 is 1.76 bits per heavy atom. The third-order valence-corrected chi connectivity index (χ3v) is 6.93. The normalized spacial score (nSPS) is 12.9. The van der Waals surface area contributed by atoms with E-state index < -0.39 is 5.97 Å². The van der Waals surface area contributed by atoms with Crippen LogP contribution in [0.3, 0.4) is 0 Å². The molecule has 0 fully saturated rings. The summed E-state index contributed by atoms with van der Waals surface area (Å²) in [6.07, 6.45) is 1.28. The Hall–Kier alpha value is -3.02. The molecule has 0 atom stereocenters. The van der Waals surface area contributed by atoms with Gasteiger partial charge >= 0.3 is 5.97 Å². The largest absolute Gasteiger partial charge is 0.481 e. The highest BCUT2D eigenvalue weighted by Crippen LogP contribution is 2.32. The third-order valence-electron chi connectivity index (χ3n) is 6.21. The van der Waals surface area contributed by atoms with Crippen LogP contribution in [0.5, 0.6) is 11.5 Å². The molecule has 176 valence electrons. The van der Waals surface area contributed by atoms with Crippen LogP contribution in [-0.4, -0.2) is 28.4 Å². The number of carbonyl (C=O) groups is 2.